The Kier molecular flexibility index (Phi) is 42.2. The SMILES string of the molecule is CC.CCCCCCCCCCCCOP(=O)(OCCCCCCCCCCCC)OCCCCCCCCCCCC. The predicted molar refractivity (Wildman–Crippen MR) is 192 cm³/mol. The summed E-state index contributed by atoms with van der Waals surface area (Å²) < 4.78 is 30.7. The Labute approximate surface area is 272 Å². The van der Waals surface area contributed by atoms with Crippen LogP contribution in [0, 0.1) is 0 Å². The van der Waals surface area contributed by atoms with E-state index >= 15 is 0 Å². The average Bonchev–Trinajstić information content (AvgIpc) is 3.02. The van der Waals surface area contributed by atoms with Gasteiger partial charge in [-0.25, -0.2) is 4.57 Å². The molecule has 0 heterocycles. The summed E-state index contributed by atoms with van der Waals surface area (Å²) in [6.07, 6.45) is 38.3. The van der Waals surface area contributed by atoms with E-state index in [1.54, 1.807) is 0 Å². The van der Waals surface area contributed by atoms with Crippen LogP contribution in [0.5, 0.6) is 0 Å². The van der Waals surface area contributed by atoms with Crippen molar-refractivity contribution in [2.75, 3.05) is 19.8 Å². The molecule has 0 aliphatic heterocycles. The molecule has 0 bridgehead atoms. The van der Waals surface area contributed by atoms with E-state index in [1.165, 1.54) is 154 Å². The van der Waals surface area contributed by atoms with E-state index in [0.717, 1.165) is 38.5 Å². The first-order valence-electron chi connectivity index (χ1n) is 19.7. The van der Waals surface area contributed by atoms with Gasteiger partial charge in [-0.1, -0.05) is 208 Å². The van der Waals surface area contributed by atoms with Crippen molar-refractivity contribution in [1.29, 1.82) is 0 Å². The van der Waals surface area contributed by atoms with Crippen LogP contribution >= 0.6 is 7.82 Å². The van der Waals surface area contributed by atoms with Crippen LogP contribution in [0.4, 0.5) is 0 Å². The monoisotopic (exact) mass is 633 g/mol. The minimum atomic E-state index is -3.45. The van der Waals surface area contributed by atoms with E-state index in [-0.39, 0.29) is 0 Å². The highest BCUT2D eigenvalue weighted by Crippen LogP contribution is 2.50. The summed E-state index contributed by atoms with van der Waals surface area (Å²) in [5.74, 6) is 0. The van der Waals surface area contributed by atoms with Gasteiger partial charge in [0.1, 0.15) is 0 Å². The van der Waals surface area contributed by atoms with Gasteiger partial charge in [-0.05, 0) is 19.3 Å². The van der Waals surface area contributed by atoms with Crippen molar-refractivity contribution >= 4 is 7.82 Å². The van der Waals surface area contributed by atoms with Gasteiger partial charge in [0.2, 0.25) is 0 Å². The Morgan fingerprint density at radius 2 is 0.465 bits per heavy atom. The van der Waals surface area contributed by atoms with E-state index in [2.05, 4.69) is 20.8 Å². The molecule has 0 aromatic carbocycles. The molecule has 0 saturated carbocycles. The molecule has 0 rings (SSSR count). The molecular weight excluding hydrogens is 551 g/mol. The maximum absolute atomic E-state index is 13.3. The molecule has 0 fully saturated rings. The first-order chi connectivity index (χ1) is 21.2. The third-order valence-corrected chi connectivity index (χ3v) is 9.74. The zero-order chi connectivity index (χ0) is 32.0. The molecule has 0 radical (unpaired) electrons. The zero-order valence-corrected chi connectivity index (χ0v) is 31.3. The van der Waals surface area contributed by atoms with Gasteiger partial charge in [-0.3, -0.25) is 13.6 Å². The highest BCUT2D eigenvalue weighted by molar-refractivity contribution is 7.48. The van der Waals surface area contributed by atoms with E-state index in [9.17, 15) is 4.57 Å². The minimum absolute atomic E-state index is 0.476. The third-order valence-electron chi connectivity index (χ3n) is 8.24. The highest BCUT2D eigenvalue weighted by atomic mass is 31.2. The van der Waals surface area contributed by atoms with Gasteiger partial charge >= 0.3 is 7.82 Å². The minimum Gasteiger partial charge on any atom is -0.287 e. The Bertz CT molecular complexity index is 457. The summed E-state index contributed by atoms with van der Waals surface area (Å²) >= 11 is 0. The fourth-order valence-corrected chi connectivity index (χ4v) is 6.69. The van der Waals surface area contributed by atoms with Crippen LogP contribution in [0.1, 0.15) is 227 Å². The molecule has 0 aliphatic rings. The summed E-state index contributed by atoms with van der Waals surface area (Å²) in [4.78, 5) is 0. The van der Waals surface area contributed by atoms with Gasteiger partial charge in [0.05, 0.1) is 19.8 Å². The summed E-state index contributed by atoms with van der Waals surface area (Å²) in [6.45, 7) is 12.2. The van der Waals surface area contributed by atoms with Gasteiger partial charge in [0, 0.05) is 0 Å². The molecule has 0 N–H and O–H groups in total. The van der Waals surface area contributed by atoms with Crippen molar-refractivity contribution in [3.63, 3.8) is 0 Å². The van der Waals surface area contributed by atoms with Crippen molar-refractivity contribution in [2.24, 2.45) is 0 Å². The molecule has 0 saturated heterocycles. The second-order valence-corrected chi connectivity index (χ2v) is 14.2. The van der Waals surface area contributed by atoms with Crippen LogP contribution in [0.2, 0.25) is 0 Å². The van der Waals surface area contributed by atoms with Crippen LogP contribution in [0.15, 0.2) is 0 Å². The van der Waals surface area contributed by atoms with E-state index in [4.69, 9.17) is 13.6 Å². The molecule has 0 aromatic rings. The molecule has 43 heavy (non-hydrogen) atoms. The Morgan fingerprint density at radius 3 is 0.651 bits per heavy atom. The van der Waals surface area contributed by atoms with Crippen LogP contribution in [0.3, 0.4) is 0 Å². The molecule has 0 spiro atoms. The Hall–Kier alpha value is 0.110. The molecule has 0 aliphatic carbocycles. The first kappa shape index (κ1) is 45.2. The topological polar surface area (TPSA) is 44.8 Å². The van der Waals surface area contributed by atoms with Crippen LogP contribution in [0.25, 0.3) is 0 Å². The lowest BCUT2D eigenvalue weighted by Gasteiger charge is -2.18. The quantitative estimate of drug-likeness (QED) is 0.0509. The van der Waals surface area contributed by atoms with Gasteiger partial charge in [0.25, 0.3) is 0 Å². The standard InChI is InChI=1S/C36H75O4P.C2H6/c1-4-7-10-13-16-19-22-25-28-31-34-38-41(37,39-35-32-29-26-23-20-17-14-11-8-5-2)40-36-33-30-27-24-21-18-15-12-9-6-3;1-2/h4-36H2,1-3H3;1-2H3. The lowest BCUT2D eigenvalue weighted by molar-refractivity contribution is 0.108. The van der Waals surface area contributed by atoms with Gasteiger partial charge in [-0.2, -0.15) is 0 Å². The molecule has 0 amide bonds. The number of rotatable bonds is 36. The lowest BCUT2D eigenvalue weighted by atomic mass is 10.1. The van der Waals surface area contributed by atoms with E-state index < -0.39 is 7.82 Å². The van der Waals surface area contributed by atoms with Crippen LogP contribution in [-0.2, 0) is 18.1 Å². The van der Waals surface area contributed by atoms with Crippen molar-refractivity contribution in [1.82, 2.24) is 0 Å². The summed E-state index contributed by atoms with van der Waals surface area (Å²) in [5.41, 5.74) is 0. The van der Waals surface area contributed by atoms with Crippen molar-refractivity contribution in [3.8, 4) is 0 Å². The van der Waals surface area contributed by atoms with E-state index in [0.29, 0.717) is 19.8 Å². The third kappa shape index (κ3) is 38.2. The molecule has 0 unspecified atom stereocenters. The van der Waals surface area contributed by atoms with Crippen molar-refractivity contribution in [2.45, 2.75) is 227 Å². The van der Waals surface area contributed by atoms with Crippen LogP contribution in [-0.4, -0.2) is 19.8 Å². The van der Waals surface area contributed by atoms with Crippen molar-refractivity contribution < 1.29 is 18.1 Å². The number of unbranched alkanes of at least 4 members (excludes halogenated alkanes) is 27. The molecule has 4 nitrogen and oxygen atoms in total. The largest absolute Gasteiger partial charge is 0.474 e. The number of phosphoric acid groups is 1. The summed E-state index contributed by atoms with van der Waals surface area (Å²) in [6, 6.07) is 0. The summed E-state index contributed by atoms with van der Waals surface area (Å²) in [5, 5.41) is 0. The van der Waals surface area contributed by atoms with Crippen LogP contribution < -0.4 is 0 Å². The number of hydrogen-bond donors (Lipinski definition) is 0. The summed E-state index contributed by atoms with van der Waals surface area (Å²) in [7, 11) is -3.45. The first-order valence-corrected chi connectivity index (χ1v) is 21.2. The normalized spacial score (nSPS) is 11.6. The molecule has 5 heteroatoms. The fraction of sp³-hybridized carbons (Fsp3) is 1.00. The second kappa shape index (κ2) is 40.1. The average molecular weight is 633 g/mol. The fourth-order valence-electron chi connectivity index (χ4n) is 5.41. The molecule has 0 atom stereocenters. The van der Waals surface area contributed by atoms with Gasteiger partial charge < -0.3 is 0 Å². The molecular formula is C38H81O4P. The maximum Gasteiger partial charge on any atom is 0.474 e. The van der Waals surface area contributed by atoms with Gasteiger partial charge in [-0.15, -0.1) is 0 Å². The predicted octanol–water partition coefficient (Wildman–Crippen LogP) is 14.9. The lowest BCUT2D eigenvalue weighted by Crippen LogP contribution is -2.04. The molecule has 262 valence electrons. The second-order valence-electron chi connectivity index (χ2n) is 12.5. The van der Waals surface area contributed by atoms with E-state index in [1.807, 2.05) is 13.8 Å². The highest BCUT2D eigenvalue weighted by Gasteiger charge is 2.26. The number of phosphoric ester groups is 1. The number of hydrogen-bond acceptors (Lipinski definition) is 4. The molecule has 0 aromatic heterocycles. The maximum atomic E-state index is 13.3. The smallest absolute Gasteiger partial charge is 0.287 e. The Morgan fingerprint density at radius 1 is 0.302 bits per heavy atom. The Balaban J connectivity index is 0. The van der Waals surface area contributed by atoms with Gasteiger partial charge in [0.15, 0.2) is 0 Å². The van der Waals surface area contributed by atoms with Crippen molar-refractivity contribution in [3.05, 3.63) is 0 Å². The zero-order valence-electron chi connectivity index (χ0n) is 30.4.